The van der Waals surface area contributed by atoms with Crippen LogP contribution in [0.3, 0.4) is 0 Å². The van der Waals surface area contributed by atoms with Gasteiger partial charge in [-0.25, -0.2) is 4.79 Å². The van der Waals surface area contributed by atoms with Crippen molar-refractivity contribution in [3.05, 3.63) is 59.9 Å². The smallest absolute Gasteiger partial charge is 0.338 e. The van der Waals surface area contributed by atoms with Crippen LogP contribution < -0.4 is 10.1 Å². The van der Waals surface area contributed by atoms with E-state index in [1.807, 2.05) is 12.1 Å². The van der Waals surface area contributed by atoms with Gasteiger partial charge in [0.05, 0.1) is 32.0 Å². The summed E-state index contributed by atoms with van der Waals surface area (Å²) in [5.41, 5.74) is 2.53. The minimum atomic E-state index is -0.385. The van der Waals surface area contributed by atoms with E-state index in [1.54, 1.807) is 50.6 Å². The van der Waals surface area contributed by atoms with E-state index in [0.717, 1.165) is 10.9 Å². The van der Waals surface area contributed by atoms with Crippen LogP contribution in [0, 0.1) is 0 Å². The van der Waals surface area contributed by atoms with Gasteiger partial charge in [-0.15, -0.1) is 0 Å². The van der Waals surface area contributed by atoms with Crippen LogP contribution in [0.25, 0.3) is 11.0 Å². The molecule has 3 aromatic rings. The summed E-state index contributed by atoms with van der Waals surface area (Å²) in [6.45, 7) is 2.07. The normalized spacial score (nSPS) is 10.5. The fraction of sp³-hybridized carbons (Fsp3) is 0.200. The highest BCUT2D eigenvalue weighted by Gasteiger charge is 2.12. The molecular weight excluding hydrogens is 334 g/mol. The number of hydrogen-bond donors (Lipinski definition) is 1. The van der Waals surface area contributed by atoms with Crippen LogP contribution in [-0.2, 0) is 16.0 Å². The predicted molar refractivity (Wildman–Crippen MR) is 97.5 cm³/mol. The molecule has 0 atom stereocenters. The number of furan rings is 1. The fourth-order valence-corrected chi connectivity index (χ4v) is 2.61. The molecule has 1 amide bonds. The molecule has 26 heavy (non-hydrogen) atoms. The molecule has 0 unspecified atom stereocenters. The number of carbonyl (C=O) groups excluding carboxylic acids is 2. The third kappa shape index (κ3) is 3.85. The van der Waals surface area contributed by atoms with Gasteiger partial charge in [-0.2, -0.15) is 0 Å². The van der Waals surface area contributed by atoms with E-state index >= 15 is 0 Å². The molecule has 0 fully saturated rings. The number of fused-ring (bicyclic) bond motifs is 1. The van der Waals surface area contributed by atoms with Gasteiger partial charge in [-0.3, -0.25) is 4.79 Å². The third-order valence-corrected chi connectivity index (χ3v) is 3.89. The summed E-state index contributed by atoms with van der Waals surface area (Å²) in [5.74, 6) is 0.138. The number of rotatable bonds is 6. The number of nitrogens with one attached hydrogen (secondary N) is 1. The van der Waals surface area contributed by atoms with E-state index < -0.39 is 0 Å². The summed E-state index contributed by atoms with van der Waals surface area (Å²) >= 11 is 0. The zero-order valence-corrected chi connectivity index (χ0v) is 14.6. The van der Waals surface area contributed by atoms with Crippen molar-refractivity contribution in [3.63, 3.8) is 0 Å². The Hall–Kier alpha value is -3.28. The first-order valence-corrected chi connectivity index (χ1v) is 8.22. The molecule has 1 aromatic heterocycles. The summed E-state index contributed by atoms with van der Waals surface area (Å²) in [5, 5.41) is 3.65. The quantitative estimate of drug-likeness (QED) is 0.682. The lowest BCUT2D eigenvalue weighted by atomic mass is 10.1. The average Bonchev–Trinajstić information content (AvgIpc) is 3.04. The molecule has 1 heterocycles. The number of esters is 1. The van der Waals surface area contributed by atoms with Crippen LogP contribution in [0.2, 0.25) is 0 Å². The molecule has 6 nitrogen and oxygen atoms in total. The van der Waals surface area contributed by atoms with Crippen molar-refractivity contribution < 1.29 is 23.5 Å². The van der Waals surface area contributed by atoms with Gasteiger partial charge in [0.2, 0.25) is 5.91 Å². The summed E-state index contributed by atoms with van der Waals surface area (Å²) in [4.78, 5) is 24.0. The summed E-state index contributed by atoms with van der Waals surface area (Å²) in [7, 11) is 1.59. The lowest BCUT2D eigenvalue weighted by Crippen LogP contribution is -2.14. The van der Waals surface area contributed by atoms with Crippen LogP contribution in [0.1, 0.15) is 22.8 Å². The number of methoxy groups -OCH3 is 1. The van der Waals surface area contributed by atoms with E-state index in [2.05, 4.69) is 5.32 Å². The van der Waals surface area contributed by atoms with Crippen molar-refractivity contribution in [1.82, 2.24) is 0 Å². The SMILES string of the molecule is CCOC(=O)c1ccc(NC(=O)Cc2coc3ccc(OC)cc23)cc1. The van der Waals surface area contributed by atoms with Crippen molar-refractivity contribution in [2.75, 3.05) is 19.0 Å². The molecule has 0 radical (unpaired) electrons. The van der Waals surface area contributed by atoms with Crippen molar-refractivity contribution in [3.8, 4) is 5.75 Å². The molecule has 134 valence electrons. The van der Waals surface area contributed by atoms with Crippen LogP contribution in [0.5, 0.6) is 5.75 Å². The second kappa shape index (κ2) is 7.74. The molecule has 0 aliphatic carbocycles. The summed E-state index contributed by atoms with van der Waals surface area (Å²) in [6, 6.07) is 12.0. The van der Waals surface area contributed by atoms with Crippen molar-refractivity contribution >= 4 is 28.5 Å². The zero-order valence-electron chi connectivity index (χ0n) is 14.6. The minimum Gasteiger partial charge on any atom is -0.497 e. The van der Waals surface area contributed by atoms with Crippen LogP contribution in [0.4, 0.5) is 5.69 Å². The van der Waals surface area contributed by atoms with Gasteiger partial charge in [0.1, 0.15) is 11.3 Å². The maximum absolute atomic E-state index is 12.3. The molecule has 1 N–H and O–H groups in total. The Morgan fingerprint density at radius 2 is 1.88 bits per heavy atom. The van der Waals surface area contributed by atoms with Gasteiger partial charge in [0, 0.05) is 16.6 Å². The van der Waals surface area contributed by atoms with Gasteiger partial charge in [0.15, 0.2) is 0 Å². The van der Waals surface area contributed by atoms with Crippen LogP contribution in [-0.4, -0.2) is 25.6 Å². The standard InChI is InChI=1S/C20H19NO5/c1-3-25-20(23)13-4-6-15(7-5-13)21-19(22)10-14-12-26-18-9-8-16(24-2)11-17(14)18/h4-9,11-12H,3,10H2,1-2H3,(H,21,22). The Morgan fingerprint density at radius 1 is 1.12 bits per heavy atom. The lowest BCUT2D eigenvalue weighted by Gasteiger charge is -2.06. The van der Waals surface area contributed by atoms with Crippen LogP contribution >= 0.6 is 0 Å². The Bertz CT molecular complexity index is 927. The predicted octanol–water partition coefficient (Wildman–Crippen LogP) is 3.80. The number of benzene rings is 2. The highest BCUT2D eigenvalue weighted by molar-refractivity contribution is 5.96. The third-order valence-electron chi connectivity index (χ3n) is 3.89. The molecule has 0 aliphatic heterocycles. The van der Waals surface area contributed by atoms with Gasteiger partial charge in [-0.1, -0.05) is 0 Å². The highest BCUT2D eigenvalue weighted by atomic mass is 16.5. The molecule has 0 spiro atoms. The fourth-order valence-electron chi connectivity index (χ4n) is 2.61. The number of carbonyl (C=O) groups is 2. The minimum absolute atomic E-state index is 0.166. The molecule has 0 bridgehead atoms. The van der Waals surface area contributed by atoms with Gasteiger partial charge in [-0.05, 0) is 49.4 Å². The molecule has 2 aromatic carbocycles. The molecule has 0 saturated carbocycles. The molecule has 6 heteroatoms. The molecule has 0 saturated heterocycles. The Labute approximate surface area is 150 Å². The lowest BCUT2D eigenvalue weighted by molar-refractivity contribution is -0.115. The summed E-state index contributed by atoms with van der Waals surface area (Å²) < 4.78 is 15.6. The average molecular weight is 353 g/mol. The first kappa shape index (κ1) is 17.5. The van der Waals surface area contributed by atoms with Crippen molar-refractivity contribution in [1.29, 1.82) is 0 Å². The Balaban J connectivity index is 1.68. The number of amides is 1. The van der Waals surface area contributed by atoms with E-state index in [1.165, 1.54) is 0 Å². The van der Waals surface area contributed by atoms with E-state index in [-0.39, 0.29) is 18.3 Å². The van der Waals surface area contributed by atoms with Gasteiger partial charge in [0.25, 0.3) is 0 Å². The first-order valence-electron chi connectivity index (χ1n) is 8.22. The molecule has 3 rings (SSSR count). The van der Waals surface area contributed by atoms with Crippen LogP contribution in [0.15, 0.2) is 53.1 Å². The maximum Gasteiger partial charge on any atom is 0.338 e. The Kier molecular flexibility index (Phi) is 5.22. The largest absolute Gasteiger partial charge is 0.497 e. The summed E-state index contributed by atoms with van der Waals surface area (Å²) in [6.07, 6.45) is 1.74. The van der Waals surface area contributed by atoms with Crippen molar-refractivity contribution in [2.24, 2.45) is 0 Å². The maximum atomic E-state index is 12.3. The van der Waals surface area contributed by atoms with E-state index in [9.17, 15) is 9.59 Å². The molecule has 0 aliphatic rings. The highest BCUT2D eigenvalue weighted by Crippen LogP contribution is 2.26. The number of hydrogen-bond acceptors (Lipinski definition) is 5. The van der Waals surface area contributed by atoms with Gasteiger partial charge < -0.3 is 19.2 Å². The molecular formula is C20H19NO5. The first-order chi connectivity index (χ1) is 12.6. The van der Waals surface area contributed by atoms with E-state index in [4.69, 9.17) is 13.9 Å². The zero-order chi connectivity index (χ0) is 18.5. The second-order valence-corrected chi connectivity index (χ2v) is 5.65. The van der Waals surface area contributed by atoms with Crippen molar-refractivity contribution in [2.45, 2.75) is 13.3 Å². The number of ether oxygens (including phenoxy) is 2. The topological polar surface area (TPSA) is 77.8 Å². The second-order valence-electron chi connectivity index (χ2n) is 5.65. The van der Waals surface area contributed by atoms with E-state index in [0.29, 0.717) is 29.2 Å². The monoisotopic (exact) mass is 353 g/mol. The number of anilines is 1. The Morgan fingerprint density at radius 3 is 2.58 bits per heavy atom. The van der Waals surface area contributed by atoms with Gasteiger partial charge >= 0.3 is 5.97 Å².